The third-order valence-electron chi connectivity index (χ3n) is 2.00. The highest BCUT2D eigenvalue weighted by Gasteiger charge is 2.14. The summed E-state index contributed by atoms with van der Waals surface area (Å²) in [6.07, 6.45) is 1.35. The Kier molecular flexibility index (Phi) is 5.28. The molecule has 0 spiro atoms. The summed E-state index contributed by atoms with van der Waals surface area (Å²) in [5.74, 6) is 0. The Morgan fingerprint density at radius 3 is 2.94 bits per heavy atom. The van der Waals surface area contributed by atoms with E-state index >= 15 is 0 Å². The summed E-state index contributed by atoms with van der Waals surface area (Å²) < 4.78 is 4.93. The molecule has 0 aromatic carbocycles. The van der Waals surface area contributed by atoms with Crippen molar-refractivity contribution >= 4 is 6.09 Å². The Labute approximate surface area is 95.2 Å². The lowest BCUT2D eigenvalue weighted by Crippen LogP contribution is -2.35. The van der Waals surface area contributed by atoms with Crippen LogP contribution in [0, 0.1) is 0 Å². The number of carbonyl (C=O) groups excluding carboxylic acids is 1. The minimum absolute atomic E-state index is 0.349. The van der Waals surface area contributed by atoms with E-state index in [1.165, 1.54) is 0 Å². The van der Waals surface area contributed by atoms with Gasteiger partial charge < -0.3 is 15.4 Å². The first kappa shape index (κ1) is 12.4. The second-order valence-corrected chi connectivity index (χ2v) is 3.23. The van der Waals surface area contributed by atoms with E-state index in [0.29, 0.717) is 26.2 Å². The average Bonchev–Trinajstić information content (AvgIpc) is 2.30. The maximum absolute atomic E-state index is 11.6. The molecular weight excluding hydrogens is 206 g/mol. The quantitative estimate of drug-likeness (QED) is 0.808. The molecule has 0 aliphatic heterocycles. The number of carbonyl (C=O) groups is 1. The van der Waals surface area contributed by atoms with Crippen LogP contribution in [0.3, 0.4) is 0 Å². The molecule has 0 bridgehead atoms. The summed E-state index contributed by atoms with van der Waals surface area (Å²) in [6.45, 7) is 3.44. The lowest BCUT2D eigenvalue weighted by molar-refractivity contribution is 0.105. The van der Waals surface area contributed by atoms with Crippen LogP contribution in [0.25, 0.3) is 0 Å². The van der Waals surface area contributed by atoms with Crippen LogP contribution in [-0.4, -0.2) is 35.7 Å². The van der Waals surface area contributed by atoms with Gasteiger partial charge in [0, 0.05) is 19.3 Å². The van der Waals surface area contributed by atoms with E-state index in [-0.39, 0.29) is 6.09 Å². The molecule has 88 valence electrons. The van der Waals surface area contributed by atoms with Gasteiger partial charge in [0.25, 0.3) is 0 Å². The van der Waals surface area contributed by atoms with Crippen LogP contribution < -0.4 is 5.73 Å². The molecule has 0 atom stereocenters. The van der Waals surface area contributed by atoms with Crippen molar-refractivity contribution < 1.29 is 9.53 Å². The predicted octanol–water partition coefficient (Wildman–Crippen LogP) is 0.999. The van der Waals surface area contributed by atoms with Crippen LogP contribution in [0.2, 0.25) is 0 Å². The number of nitrogens with two attached hydrogens (primary N) is 1. The third-order valence-corrected chi connectivity index (χ3v) is 2.00. The zero-order valence-corrected chi connectivity index (χ0v) is 9.43. The van der Waals surface area contributed by atoms with Crippen LogP contribution >= 0.6 is 0 Å². The Hall–Kier alpha value is -1.62. The lowest BCUT2D eigenvalue weighted by Gasteiger charge is -2.20. The predicted molar refractivity (Wildman–Crippen MR) is 60.7 cm³/mol. The van der Waals surface area contributed by atoms with Gasteiger partial charge in [-0.1, -0.05) is 6.07 Å². The first-order chi connectivity index (χ1) is 7.77. The molecule has 0 unspecified atom stereocenters. The fraction of sp³-hybridized carbons (Fsp3) is 0.455. The number of ether oxygens (including phenoxy) is 1. The van der Waals surface area contributed by atoms with E-state index in [1.807, 2.05) is 18.2 Å². The smallest absolute Gasteiger partial charge is 0.410 e. The van der Waals surface area contributed by atoms with Crippen molar-refractivity contribution in [2.75, 3.05) is 19.7 Å². The molecule has 5 heteroatoms. The molecule has 0 saturated heterocycles. The van der Waals surface area contributed by atoms with Gasteiger partial charge in [-0.3, -0.25) is 4.98 Å². The van der Waals surface area contributed by atoms with Crippen molar-refractivity contribution in [3.05, 3.63) is 30.1 Å². The van der Waals surface area contributed by atoms with Crippen molar-refractivity contribution in [2.45, 2.75) is 13.5 Å². The topological polar surface area (TPSA) is 68.5 Å². The first-order valence-corrected chi connectivity index (χ1v) is 5.29. The third kappa shape index (κ3) is 3.86. The molecule has 16 heavy (non-hydrogen) atoms. The molecular formula is C11H17N3O2. The molecule has 5 nitrogen and oxygen atoms in total. The maximum Gasteiger partial charge on any atom is 0.410 e. The van der Waals surface area contributed by atoms with E-state index in [0.717, 1.165) is 5.69 Å². The zero-order valence-electron chi connectivity index (χ0n) is 9.43. The SMILES string of the molecule is CCOC(=O)N(CCN)Cc1ccccn1. The molecule has 1 aromatic heterocycles. The monoisotopic (exact) mass is 223 g/mol. The van der Waals surface area contributed by atoms with Gasteiger partial charge >= 0.3 is 6.09 Å². The molecule has 2 N–H and O–H groups in total. The van der Waals surface area contributed by atoms with Crippen molar-refractivity contribution in [3.8, 4) is 0 Å². The number of pyridine rings is 1. The van der Waals surface area contributed by atoms with Gasteiger partial charge in [0.15, 0.2) is 0 Å². The number of nitrogens with zero attached hydrogens (tertiary/aromatic N) is 2. The highest BCUT2D eigenvalue weighted by atomic mass is 16.6. The Morgan fingerprint density at radius 1 is 1.56 bits per heavy atom. The molecule has 0 saturated carbocycles. The minimum Gasteiger partial charge on any atom is -0.450 e. The molecule has 1 rings (SSSR count). The highest BCUT2D eigenvalue weighted by Crippen LogP contribution is 2.02. The standard InChI is InChI=1S/C11H17N3O2/c1-2-16-11(15)14(8-6-12)9-10-5-3-4-7-13-10/h3-5,7H,2,6,8-9,12H2,1H3. The molecule has 1 amide bonds. The van der Waals surface area contributed by atoms with Crippen molar-refractivity contribution in [1.29, 1.82) is 0 Å². The van der Waals surface area contributed by atoms with Gasteiger partial charge in [0.2, 0.25) is 0 Å². The molecule has 0 aliphatic rings. The summed E-state index contributed by atoms with van der Waals surface area (Å²) in [6, 6.07) is 5.58. The van der Waals surface area contributed by atoms with E-state index in [2.05, 4.69) is 4.98 Å². The number of rotatable bonds is 5. The minimum atomic E-state index is -0.349. The summed E-state index contributed by atoms with van der Waals surface area (Å²) in [7, 11) is 0. The summed E-state index contributed by atoms with van der Waals surface area (Å²) >= 11 is 0. The number of amides is 1. The summed E-state index contributed by atoms with van der Waals surface area (Å²) in [4.78, 5) is 17.3. The van der Waals surface area contributed by atoms with Crippen LogP contribution in [0.1, 0.15) is 12.6 Å². The largest absolute Gasteiger partial charge is 0.450 e. The number of hydrogen-bond donors (Lipinski definition) is 1. The van der Waals surface area contributed by atoms with E-state index in [9.17, 15) is 4.79 Å². The van der Waals surface area contributed by atoms with Gasteiger partial charge in [0.1, 0.15) is 0 Å². The first-order valence-electron chi connectivity index (χ1n) is 5.29. The second-order valence-electron chi connectivity index (χ2n) is 3.23. The van der Waals surface area contributed by atoms with Crippen molar-refractivity contribution in [1.82, 2.24) is 9.88 Å². The Morgan fingerprint density at radius 2 is 2.38 bits per heavy atom. The second kappa shape index (κ2) is 6.79. The number of aromatic nitrogens is 1. The van der Waals surface area contributed by atoms with Crippen LogP contribution in [0.4, 0.5) is 4.79 Å². The van der Waals surface area contributed by atoms with Gasteiger partial charge in [-0.05, 0) is 19.1 Å². The van der Waals surface area contributed by atoms with Crippen LogP contribution in [0.15, 0.2) is 24.4 Å². The average molecular weight is 223 g/mol. The Balaban J connectivity index is 2.60. The van der Waals surface area contributed by atoms with Gasteiger partial charge in [0.05, 0.1) is 18.8 Å². The maximum atomic E-state index is 11.6. The fourth-order valence-corrected chi connectivity index (χ4v) is 1.29. The fourth-order valence-electron chi connectivity index (χ4n) is 1.29. The number of hydrogen-bond acceptors (Lipinski definition) is 4. The summed E-state index contributed by atoms with van der Waals surface area (Å²) in [5, 5.41) is 0. The van der Waals surface area contributed by atoms with Gasteiger partial charge in [-0.2, -0.15) is 0 Å². The summed E-state index contributed by atoms with van der Waals surface area (Å²) in [5.41, 5.74) is 6.27. The van der Waals surface area contributed by atoms with E-state index in [1.54, 1.807) is 18.0 Å². The molecule has 1 heterocycles. The van der Waals surface area contributed by atoms with Crippen LogP contribution in [0.5, 0.6) is 0 Å². The zero-order chi connectivity index (χ0) is 11.8. The highest BCUT2D eigenvalue weighted by molar-refractivity contribution is 5.67. The van der Waals surface area contributed by atoms with E-state index < -0.39 is 0 Å². The normalized spacial score (nSPS) is 9.88. The molecule has 0 radical (unpaired) electrons. The van der Waals surface area contributed by atoms with Crippen molar-refractivity contribution in [3.63, 3.8) is 0 Å². The van der Waals surface area contributed by atoms with Crippen molar-refractivity contribution in [2.24, 2.45) is 5.73 Å². The molecule has 0 aliphatic carbocycles. The van der Waals surface area contributed by atoms with Gasteiger partial charge in [-0.25, -0.2) is 4.79 Å². The molecule has 1 aromatic rings. The Bertz CT molecular complexity index is 316. The molecule has 0 fully saturated rings. The van der Waals surface area contributed by atoms with Crippen LogP contribution in [-0.2, 0) is 11.3 Å². The van der Waals surface area contributed by atoms with E-state index in [4.69, 9.17) is 10.5 Å². The lowest BCUT2D eigenvalue weighted by atomic mass is 10.3. The van der Waals surface area contributed by atoms with Gasteiger partial charge in [-0.15, -0.1) is 0 Å².